The number of nitrogens with zero attached hydrogens (tertiary/aromatic N) is 2. The average Bonchev–Trinajstić information content (AvgIpc) is 3.61. The summed E-state index contributed by atoms with van der Waals surface area (Å²) in [5.74, 6) is 2.46. The minimum atomic E-state index is 0.293. The van der Waals surface area contributed by atoms with E-state index >= 15 is 0 Å². The molecular formula is C30H42N2. The van der Waals surface area contributed by atoms with E-state index in [1.165, 1.54) is 94.7 Å². The fourth-order valence-electron chi connectivity index (χ4n) is 8.56. The summed E-state index contributed by atoms with van der Waals surface area (Å²) in [6, 6.07) is 9.15. The molecule has 0 aromatic heterocycles. The first-order valence-corrected chi connectivity index (χ1v) is 13.8. The highest BCUT2D eigenvalue weighted by Crippen LogP contribution is 2.62. The Morgan fingerprint density at radius 3 is 1.97 bits per heavy atom. The number of hydrogen-bond donors (Lipinski definition) is 0. The lowest BCUT2D eigenvalue weighted by molar-refractivity contribution is 0.141. The number of hydrogen-bond acceptors (Lipinski definition) is 2. The maximum absolute atomic E-state index is 2.81. The predicted molar refractivity (Wildman–Crippen MR) is 134 cm³/mol. The Hall–Kier alpha value is -1.70. The lowest BCUT2D eigenvalue weighted by Gasteiger charge is -2.43. The minimum absolute atomic E-state index is 0.293. The summed E-state index contributed by atoms with van der Waals surface area (Å²) >= 11 is 0. The lowest BCUT2D eigenvalue weighted by atomic mass is 9.63. The van der Waals surface area contributed by atoms with Gasteiger partial charge in [0.05, 0.1) is 0 Å². The summed E-state index contributed by atoms with van der Waals surface area (Å²) < 4.78 is 0. The Bertz CT molecular complexity index is 877. The number of fused-ring (bicyclic) bond motifs is 1. The first kappa shape index (κ1) is 20.9. The van der Waals surface area contributed by atoms with Crippen LogP contribution in [0.15, 0.2) is 47.9 Å². The zero-order valence-electron chi connectivity index (χ0n) is 20.4. The maximum Gasteiger partial charge on any atom is 0.113 e. The molecule has 1 atom stereocenters. The molecule has 5 aliphatic rings. The van der Waals surface area contributed by atoms with Crippen LogP contribution < -0.4 is 4.90 Å². The van der Waals surface area contributed by atoms with Crippen molar-refractivity contribution in [3.05, 3.63) is 53.5 Å². The zero-order valence-corrected chi connectivity index (χ0v) is 20.4. The van der Waals surface area contributed by atoms with Gasteiger partial charge in [-0.2, -0.15) is 0 Å². The molecule has 6 rings (SSSR count). The molecule has 2 nitrogen and oxygen atoms in total. The van der Waals surface area contributed by atoms with Gasteiger partial charge >= 0.3 is 0 Å². The molecule has 2 heterocycles. The van der Waals surface area contributed by atoms with E-state index in [9.17, 15) is 0 Å². The summed E-state index contributed by atoms with van der Waals surface area (Å²) in [7, 11) is 0. The van der Waals surface area contributed by atoms with Gasteiger partial charge in [-0.25, -0.2) is 0 Å². The van der Waals surface area contributed by atoms with Crippen molar-refractivity contribution < 1.29 is 0 Å². The van der Waals surface area contributed by atoms with Gasteiger partial charge in [-0.1, -0.05) is 69.2 Å². The fraction of sp³-hybridized carbons (Fsp3) is 0.667. The van der Waals surface area contributed by atoms with E-state index in [1.54, 1.807) is 11.4 Å². The molecule has 2 heteroatoms. The van der Waals surface area contributed by atoms with Crippen molar-refractivity contribution in [3.8, 4) is 0 Å². The Labute approximate surface area is 195 Å². The molecule has 32 heavy (non-hydrogen) atoms. The summed E-state index contributed by atoms with van der Waals surface area (Å²) in [5, 5.41) is 0. The molecular weight excluding hydrogens is 388 g/mol. The molecule has 0 bridgehead atoms. The van der Waals surface area contributed by atoms with E-state index in [1.807, 2.05) is 0 Å². The number of anilines is 1. The van der Waals surface area contributed by atoms with Crippen LogP contribution >= 0.6 is 0 Å². The molecule has 3 fully saturated rings. The van der Waals surface area contributed by atoms with Crippen LogP contribution in [-0.2, 0) is 0 Å². The molecule has 0 N–H and O–H groups in total. The third-order valence-corrected chi connectivity index (χ3v) is 9.94. The predicted octanol–water partition coefficient (Wildman–Crippen LogP) is 8.15. The number of benzene rings is 1. The van der Waals surface area contributed by atoms with Crippen LogP contribution in [-0.4, -0.2) is 11.1 Å². The molecule has 0 radical (unpaired) electrons. The van der Waals surface area contributed by atoms with E-state index in [2.05, 4.69) is 60.2 Å². The molecule has 0 saturated heterocycles. The number of rotatable bonds is 4. The van der Waals surface area contributed by atoms with Crippen LogP contribution in [0, 0.1) is 30.1 Å². The van der Waals surface area contributed by atoms with Gasteiger partial charge in [-0.05, 0) is 81.8 Å². The Morgan fingerprint density at radius 1 is 0.750 bits per heavy atom. The van der Waals surface area contributed by atoms with Gasteiger partial charge in [0.1, 0.15) is 6.17 Å². The Balaban J connectivity index is 1.49. The molecule has 172 valence electrons. The molecule has 0 spiro atoms. The standard InChI is InChI=1S/C30H42N2/c1-22-12-6-11-19-27(22)32-23(2)28-30(25-15-7-8-16-25,26-17-9-10-18-26)20-21-31(28)29(32)24-13-4-3-5-14-24/h6,11-12,19-21,24-26,29H,3-5,7-10,13-18H2,1-2H3. The fourth-order valence-corrected chi connectivity index (χ4v) is 8.56. The second kappa shape index (κ2) is 8.26. The average molecular weight is 431 g/mol. The van der Waals surface area contributed by atoms with Gasteiger partial charge in [0.15, 0.2) is 0 Å². The van der Waals surface area contributed by atoms with Crippen LogP contribution in [0.1, 0.15) is 96.0 Å². The van der Waals surface area contributed by atoms with E-state index in [0.29, 0.717) is 11.6 Å². The quantitative estimate of drug-likeness (QED) is 0.475. The van der Waals surface area contributed by atoms with Gasteiger partial charge < -0.3 is 9.80 Å². The van der Waals surface area contributed by atoms with E-state index in [0.717, 1.165) is 17.8 Å². The van der Waals surface area contributed by atoms with Gasteiger partial charge in [0.2, 0.25) is 0 Å². The number of aryl methyl sites for hydroxylation is 1. The summed E-state index contributed by atoms with van der Waals surface area (Å²) in [5.41, 5.74) is 6.45. The Morgan fingerprint density at radius 2 is 1.34 bits per heavy atom. The largest absolute Gasteiger partial charge is 0.328 e. The maximum atomic E-state index is 2.81. The van der Waals surface area contributed by atoms with Crippen molar-refractivity contribution in [2.45, 2.75) is 103 Å². The summed E-state index contributed by atoms with van der Waals surface area (Å²) in [4.78, 5) is 5.61. The second-order valence-corrected chi connectivity index (χ2v) is 11.5. The lowest BCUT2D eigenvalue weighted by Crippen LogP contribution is -2.45. The molecule has 3 aliphatic carbocycles. The first-order chi connectivity index (χ1) is 15.7. The van der Waals surface area contributed by atoms with E-state index in [-0.39, 0.29) is 0 Å². The van der Waals surface area contributed by atoms with E-state index in [4.69, 9.17) is 0 Å². The molecule has 0 amide bonds. The SMILES string of the molecule is CC1=C2N(C=CC2(C2CCCC2)C2CCCC2)C(C2CCCCC2)N1c1ccccc1C. The van der Waals surface area contributed by atoms with Gasteiger partial charge in [-0.15, -0.1) is 0 Å². The smallest absolute Gasteiger partial charge is 0.113 e. The highest BCUT2D eigenvalue weighted by Gasteiger charge is 2.57. The third-order valence-electron chi connectivity index (χ3n) is 9.94. The van der Waals surface area contributed by atoms with Gasteiger partial charge in [0, 0.05) is 28.7 Å². The highest BCUT2D eigenvalue weighted by molar-refractivity contribution is 5.63. The van der Waals surface area contributed by atoms with Gasteiger partial charge in [-0.3, -0.25) is 0 Å². The van der Waals surface area contributed by atoms with Crippen LogP contribution in [0.25, 0.3) is 0 Å². The van der Waals surface area contributed by atoms with Crippen LogP contribution in [0.2, 0.25) is 0 Å². The van der Waals surface area contributed by atoms with Crippen LogP contribution in [0.3, 0.4) is 0 Å². The molecule has 1 aromatic rings. The van der Waals surface area contributed by atoms with Gasteiger partial charge in [0.25, 0.3) is 0 Å². The molecule has 1 aromatic carbocycles. The summed E-state index contributed by atoms with van der Waals surface area (Å²) in [6.07, 6.45) is 24.3. The van der Waals surface area contributed by atoms with Crippen molar-refractivity contribution >= 4 is 5.69 Å². The monoisotopic (exact) mass is 430 g/mol. The molecule has 2 aliphatic heterocycles. The van der Waals surface area contributed by atoms with Crippen molar-refractivity contribution in [2.75, 3.05) is 4.90 Å². The molecule has 3 saturated carbocycles. The summed E-state index contributed by atoms with van der Waals surface area (Å²) in [6.45, 7) is 4.79. The van der Waals surface area contributed by atoms with E-state index < -0.39 is 0 Å². The zero-order chi connectivity index (χ0) is 21.7. The molecule has 1 unspecified atom stereocenters. The highest BCUT2D eigenvalue weighted by atomic mass is 15.4. The normalized spacial score (nSPS) is 29.0. The number of allylic oxidation sites excluding steroid dienone is 2. The van der Waals surface area contributed by atoms with Crippen molar-refractivity contribution in [2.24, 2.45) is 23.2 Å². The van der Waals surface area contributed by atoms with Crippen molar-refractivity contribution in [1.82, 2.24) is 4.90 Å². The topological polar surface area (TPSA) is 6.48 Å². The van der Waals surface area contributed by atoms with Crippen LogP contribution in [0.5, 0.6) is 0 Å². The third kappa shape index (κ3) is 3.04. The van der Waals surface area contributed by atoms with Crippen molar-refractivity contribution in [1.29, 1.82) is 0 Å². The Kier molecular flexibility index (Phi) is 5.39. The van der Waals surface area contributed by atoms with Crippen LogP contribution in [0.4, 0.5) is 5.69 Å². The first-order valence-electron chi connectivity index (χ1n) is 13.8. The minimum Gasteiger partial charge on any atom is -0.328 e. The second-order valence-electron chi connectivity index (χ2n) is 11.5. The number of para-hydroxylation sites is 1. The van der Waals surface area contributed by atoms with Crippen molar-refractivity contribution in [3.63, 3.8) is 0 Å².